The summed E-state index contributed by atoms with van der Waals surface area (Å²) in [7, 11) is 0. The number of rotatable bonds is 13. The van der Waals surface area contributed by atoms with Gasteiger partial charge in [0.15, 0.2) is 22.5 Å². The number of ether oxygens (including phenoxy) is 1. The Kier molecular flexibility index (Phi) is 10.5. The highest BCUT2D eigenvalue weighted by atomic mass is 32.1. The molecule has 1 aromatic carbocycles. The van der Waals surface area contributed by atoms with Crippen LogP contribution in [-0.2, 0) is 14.3 Å². The number of likely N-dealkylation sites (tertiary alicyclic amines) is 1. The molecule has 3 N–H and O–H groups in total. The number of esters is 1. The van der Waals surface area contributed by atoms with Crippen LogP contribution in [0.2, 0.25) is 0 Å². The summed E-state index contributed by atoms with van der Waals surface area (Å²) in [6.07, 6.45) is 1.89. The Morgan fingerprint density at radius 1 is 1.27 bits per heavy atom. The molecule has 44 heavy (non-hydrogen) atoms. The number of hydrogen-bond donors (Lipinski definition) is 3. The lowest BCUT2D eigenvalue weighted by molar-refractivity contribution is -0.147. The Labute approximate surface area is 257 Å². The molecular formula is C30H37F4N5O4S. The molecule has 9 nitrogen and oxygen atoms in total. The van der Waals surface area contributed by atoms with Gasteiger partial charge in [0.2, 0.25) is 0 Å². The first-order chi connectivity index (χ1) is 20.7. The van der Waals surface area contributed by atoms with Gasteiger partial charge in [-0.3, -0.25) is 14.7 Å². The number of alkyl halides is 2. The summed E-state index contributed by atoms with van der Waals surface area (Å²) in [5.41, 5.74) is -0.443. The highest BCUT2D eigenvalue weighted by Crippen LogP contribution is 2.38. The third-order valence-corrected chi connectivity index (χ3v) is 8.72. The van der Waals surface area contributed by atoms with Crippen LogP contribution in [-0.4, -0.2) is 77.5 Å². The van der Waals surface area contributed by atoms with Gasteiger partial charge in [0.1, 0.15) is 6.04 Å². The van der Waals surface area contributed by atoms with E-state index in [1.165, 1.54) is 24.3 Å². The number of aliphatic imine (C=N–C) groups is 1. The Morgan fingerprint density at radius 2 is 2.02 bits per heavy atom. The zero-order valence-corrected chi connectivity index (χ0v) is 25.9. The Hall–Kier alpha value is -3.36. The molecule has 2 aliphatic rings. The standard InChI is InChI=1S/C30H37F4N5O4S/c1-5-43-27(40)22-21(15-39-16-30(33,34)14-18(39)8-10-35-11-9-29(3,4)28(41)42)37-25(26-36-12-13-44-26)38-24(22)19-6-7-20(31)23(32)17(19)2/h6-7,12-13,18,24,35H,5,8-11,14-16H2,1-4H3,(H,37,38)(H,41,42)/t18-,24+/m0/s1. The number of carbonyl (C=O) groups is 2. The summed E-state index contributed by atoms with van der Waals surface area (Å²) in [5.74, 6) is -6.50. The lowest BCUT2D eigenvalue weighted by atomic mass is 9.90. The van der Waals surface area contributed by atoms with Crippen LogP contribution in [0.15, 0.2) is 40.0 Å². The van der Waals surface area contributed by atoms with Crippen molar-refractivity contribution < 1.29 is 37.0 Å². The first-order valence-electron chi connectivity index (χ1n) is 14.4. The van der Waals surface area contributed by atoms with Crippen molar-refractivity contribution in [3.05, 3.63) is 62.7 Å². The van der Waals surface area contributed by atoms with Crippen LogP contribution in [0, 0.1) is 24.0 Å². The molecular weight excluding hydrogens is 602 g/mol. The molecule has 2 atom stereocenters. The van der Waals surface area contributed by atoms with Gasteiger partial charge in [0, 0.05) is 36.3 Å². The van der Waals surface area contributed by atoms with Crippen molar-refractivity contribution in [3.8, 4) is 0 Å². The van der Waals surface area contributed by atoms with E-state index in [0.717, 1.165) is 6.07 Å². The molecule has 2 aliphatic heterocycles. The molecule has 4 rings (SSSR count). The van der Waals surface area contributed by atoms with E-state index < -0.39 is 60.0 Å². The predicted molar refractivity (Wildman–Crippen MR) is 158 cm³/mol. The number of carbonyl (C=O) groups excluding carboxylic acids is 1. The highest BCUT2D eigenvalue weighted by Gasteiger charge is 2.46. The molecule has 1 saturated heterocycles. The van der Waals surface area contributed by atoms with Crippen molar-refractivity contribution in [2.24, 2.45) is 10.4 Å². The van der Waals surface area contributed by atoms with Crippen molar-refractivity contribution in [1.29, 1.82) is 0 Å². The van der Waals surface area contributed by atoms with Gasteiger partial charge in [-0.2, -0.15) is 0 Å². The number of benzene rings is 1. The third kappa shape index (κ3) is 7.64. The van der Waals surface area contributed by atoms with Crippen molar-refractivity contribution in [3.63, 3.8) is 0 Å². The van der Waals surface area contributed by atoms with Crippen molar-refractivity contribution in [2.45, 2.75) is 65.0 Å². The zero-order chi connectivity index (χ0) is 32.2. The Bertz CT molecular complexity index is 1430. The number of halogens is 4. The maximum absolute atomic E-state index is 14.8. The van der Waals surface area contributed by atoms with E-state index in [-0.39, 0.29) is 41.4 Å². The fraction of sp³-hybridized carbons (Fsp3) is 0.533. The van der Waals surface area contributed by atoms with Crippen molar-refractivity contribution in [2.75, 3.05) is 32.8 Å². The van der Waals surface area contributed by atoms with Crippen molar-refractivity contribution >= 4 is 29.1 Å². The second-order valence-corrected chi connectivity index (χ2v) is 12.5. The van der Waals surface area contributed by atoms with Crippen LogP contribution in [0.3, 0.4) is 0 Å². The van der Waals surface area contributed by atoms with Gasteiger partial charge in [-0.15, -0.1) is 11.3 Å². The van der Waals surface area contributed by atoms with Gasteiger partial charge in [-0.05, 0) is 70.8 Å². The monoisotopic (exact) mass is 639 g/mol. The number of hydrogen-bond acceptors (Lipinski definition) is 9. The molecule has 1 fully saturated rings. The number of aliphatic carboxylic acids is 1. The molecule has 1 aromatic heterocycles. The van der Waals surface area contributed by atoms with Gasteiger partial charge < -0.3 is 20.5 Å². The molecule has 2 aromatic rings. The minimum atomic E-state index is -2.97. The molecule has 0 spiro atoms. The van der Waals surface area contributed by atoms with Crippen LogP contribution in [0.4, 0.5) is 17.6 Å². The molecule has 0 saturated carbocycles. The van der Waals surface area contributed by atoms with Crippen molar-refractivity contribution in [1.82, 2.24) is 20.5 Å². The first kappa shape index (κ1) is 33.5. The highest BCUT2D eigenvalue weighted by molar-refractivity contribution is 7.11. The number of thiazole rings is 1. The van der Waals surface area contributed by atoms with E-state index in [1.807, 2.05) is 0 Å². The fourth-order valence-electron chi connectivity index (χ4n) is 5.35. The molecule has 0 aliphatic carbocycles. The molecule has 0 unspecified atom stereocenters. The van der Waals surface area contributed by atoms with E-state index in [9.17, 15) is 32.3 Å². The largest absolute Gasteiger partial charge is 0.481 e. The zero-order valence-electron chi connectivity index (χ0n) is 25.1. The summed E-state index contributed by atoms with van der Waals surface area (Å²) in [4.78, 5) is 35.3. The molecule has 0 radical (unpaired) electrons. The van der Waals surface area contributed by atoms with Gasteiger partial charge in [0.05, 0.1) is 24.1 Å². The lowest BCUT2D eigenvalue weighted by Gasteiger charge is -2.31. The topological polar surface area (TPSA) is 116 Å². The minimum Gasteiger partial charge on any atom is -0.481 e. The van der Waals surface area contributed by atoms with E-state index in [2.05, 4.69) is 20.6 Å². The van der Waals surface area contributed by atoms with Gasteiger partial charge in [-0.1, -0.05) is 6.07 Å². The summed E-state index contributed by atoms with van der Waals surface area (Å²) >= 11 is 1.26. The third-order valence-electron chi connectivity index (χ3n) is 7.94. The summed E-state index contributed by atoms with van der Waals surface area (Å²) in [5, 5.41) is 17.8. The fourth-order valence-corrected chi connectivity index (χ4v) is 5.93. The predicted octanol–water partition coefficient (Wildman–Crippen LogP) is 4.83. The van der Waals surface area contributed by atoms with Gasteiger partial charge in [-0.25, -0.2) is 27.3 Å². The number of carboxylic acids is 1. The second kappa shape index (κ2) is 13.7. The molecule has 240 valence electrons. The number of carboxylic acid groups (broad SMARTS) is 1. The number of nitrogens with one attached hydrogen (secondary N) is 2. The van der Waals surface area contributed by atoms with Gasteiger partial charge >= 0.3 is 11.9 Å². The average molecular weight is 640 g/mol. The SMILES string of the molecule is CCOC(=O)C1=C(CN2CC(F)(F)C[C@@H]2CCNCCC(C)(C)C(=O)O)NC(c2nccs2)=N[C@@H]1c1ccc(F)c(F)c1C. The van der Waals surface area contributed by atoms with Gasteiger partial charge in [0.25, 0.3) is 5.92 Å². The number of aromatic nitrogens is 1. The smallest absolute Gasteiger partial charge is 0.338 e. The minimum absolute atomic E-state index is 0.0178. The van der Waals surface area contributed by atoms with Crippen LogP contribution in [0.25, 0.3) is 0 Å². The quantitative estimate of drug-likeness (QED) is 0.162. The molecule has 0 amide bonds. The van der Waals surface area contributed by atoms with E-state index in [1.54, 1.807) is 37.2 Å². The Balaban J connectivity index is 1.65. The van der Waals surface area contributed by atoms with E-state index in [4.69, 9.17) is 4.74 Å². The molecule has 3 heterocycles. The Morgan fingerprint density at radius 3 is 2.68 bits per heavy atom. The maximum Gasteiger partial charge on any atom is 0.338 e. The van der Waals surface area contributed by atoms with Crippen LogP contribution < -0.4 is 10.6 Å². The summed E-state index contributed by atoms with van der Waals surface area (Å²) < 4.78 is 63.8. The summed E-state index contributed by atoms with van der Waals surface area (Å²) in [6, 6.07) is 0.643. The number of nitrogens with zero attached hydrogens (tertiary/aromatic N) is 3. The maximum atomic E-state index is 14.8. The summed E-state index contributed by atoms with van der Waals surface area (Å²) in [6.45, 7) is 6.43. The lowest BCUT2D eigenvalue weighted by Crippen LogP contribution is -2.42. The van der Waals surface area contributed by atoms with Crippen LogP contribution in [0.1, 0.15) is 62.2 Å². The molecule has 14 heteroatoms. The average Bonchev–Trinajstić information content (AvgIpc) is 3.59. The van der Waals surface area contributed by atoms with E-state index in [0.29, 0.717) is 30.9 Å². The molecule has 0 bridgehead atoms. The number of amidine groups is 1. The van der Waals surface area contributed by atoms with E-state index >= 15 is 0 Å². The normalized spacial score (nSPS) is 20.4. The van der Waals surface area contributed by atoms with Crippen LogP contribution in [0.5, 0.6) is 0 Å². The first-order valence-corrected chi connectivity index (χ1v) is 15.3. The second-order valence-electron chi connectivity index (χ2n) is 11.6. The van der Waals surface area contributed by atoms with Crippen LogP contribution >= 0.6 is 11.3 Å².